The van der Waals surface area contributed by atoms with Crippen LogP contribution in [0.2, 0.25) is 0 Å². The number of hydrogen-bond acceptors (Lipinski definition) is 8. The second-order valence-corrected chi connectivity index (χ2v) is 12.4. The van der Waals surface area contributed by atoms with Gasteiger partial charge in [0.15, 0.2) is 24.8 Å². The predicted molar refractivity (Wildman–Crippen MR) is 130 cm³/mol. The third-order valence-electron chi connectivity index (χ3n) is 4.54. The molecule has 0 fully saturated rings. The van der Waals surface area contributed by atoms with Crippen molar-refractivity contribution in [3.05, 3.63) is 48.0 Å². The van der Waals surface area contributed by atoms with Gasteiger partial charge in [0.1, 0.15) is 0 Å². The third kappa shape index (κ3) is 5.84. The van der Waals surface area contributed by atoms with E-state index in [0.717, 1.165) is 12.5 Å². The van der Waals surface area contributed by atoms with Crippen molar-refractivity contribution in [3.8, 4) is 0 Å². The van der Waals surface area contributed by atoms with Crippen molar-refractivity contribution in [1.82, 2.24) is 9.88 Å². The van der Waals surface area contributed by atoms with Crippen LogP contribution >= 0.6 is 23.7 Å². The maximum atomic E-state index is 13.4. The molecule has 1 amide bonds. The fraction of sp³-hybridized carbons (Fsp3) is 0.300. The van der Waals surface area contributed by atoms with Crippen LogP contribution in [0.25, 0.3) is 10.2 Å². The molecule has 0 aliphatic carbocycles. The SMILES string of the molecule is CN(C)CCN(C(=O)c1ccccc1S(C)(=O)=O)c1nc2ccc(S(C)(=O)=O)cc2s1.Cl. The van der Waals surface area contributed by atoms with E-state index in [1.165, 1.54) is 40.5 Å². The standard InChI is InChI=1S/C20H23N3O5S3.ClH/c1-22(2)11-12-23(19(24)15-7-5-6-8-18(15)31(4,27)28)20-21-16-10-9-14(30(3,25)26)13-17(16)29-20;/h5-10,13H,11-12H2,1-4H3;1H. The highest BCUT2D eigenvalue weighted by Crippen LogP contribution is 2.32. The normalized spacial score (nSPS) is 12.0. The van der Waals surface area contributed by atoms with Gasteiger partial charge in [-0.05, 0) is 44.4 Å². The Morgan fingerprint density at radius 2 is 1.62 bits per heavy atom. The van der Waals surface area contributed by atoms with Crippen molar-refractivity contribution < 1.29 is 21.6 Å². The fourth-order valence-corrected chi connectivity index (χ4v) is 5.57. The number of carbonyl (C=O) groups is 1. The number of thiazole rings is 1. The first-order valence-electron chi connectivity index (χ1n) is 9.24. The second kappa shape index (κ2) is 9.84. The summed E-state index contributed by atoms with van der Waals surface area (Å²) in [5, 5.41) is 0.371. The lowest BCUT2D eigenvalue weighted by atomic mass is 10.2. The zero-order valence-corrected chi connectivity index (χ0v) is 21.2. The largest absolute Gasteiger partial charge is 0.308 e. The van der Waals surface area contributed by atoms with Gasteiger partial charge in [-0.25, -0.2) is 21.8 Å². The Labute approximate surface area is 198 Å². The molecule has 8 nitrogen and oxygen atoms in total. The van der Waals surface area contributed by atoms with Gasteiger partial charge in [-0.1, -0.05) is 23.5 Å². The summed E-state index contributed by atoms with van der Waals surface area (Å²) in [4.78, 5) is 21.4. The Morgan fingerprint density at radius 1 is 0.969 bits per heavy atom. The van der Waals surface area contributed by atoms with Crippen LogP contribution in [0.3, 0.4) is 0 Å². The van der Waals surface area contributed by atoms with E-state index in [-0.39, 0.29) is 34.3 Å². The minimum Gasteiger partial charge on any atom is -0.308 e. The Bertz CT molecular complexity index is 1350. The molecular weight excluding hydrogens is 494 g/mol. The first-order valence-corrected chi connectivity index (χ1v) is 13.8. The molecule has 0 unspecified atom stereocenters. The summed E-state index contributed by atoms with van der Waals surface area (Å²) < 4.78 is 48.8. The monoisotopic (exact) mass is 517 g/mol. The van der Waals surface area contributed by atoms with Crippen LogP contribution in [-0.2, 0) is 19.7 Å². The molecule has 2 aromatic carbocycles. The Balaban J connectivity index is 0.00000363. The molecule has 0 spiro atoms. The van der Waals surface area contributed by atoms with Crippen LogP contribution in [0.1, 0.15) is 10.4 Å². The molecule has 1 aromatic heterocycles. The van der Waals surface area contributed by atoms with E-state index in [9.17, 15) is 21.6 Å². The highest BCUT2D eigenvalue weighted by atomic mass is 35.5. The summed E-state index contributed by atoms with van der Waals surface area (Å²) in [6.07, 6.45) is 2.19. The van der Waals surface area contributed by atoms with Gasteiger partial charge in [0, 0.05) is 25.6 Å². The van der Waals surface area contributed by atoms with Gasteiger partial charge in [0.05, 0.1) is 25.6 Å². The summed E-state index contributed by atoms with van der Waals surface area (Å²) in [6.45, 7) is 0.806. The number of rotatable bonds is 7. The van der Waals surface area contributed by atoms with Crippen molar-refractivity contribution in [3.63, 3.8) is 0 Å². The summed E-state index contributed by atoms with van der Waals surface area (Å²) in [7, 11) is -3.27. The van der Waals surface area contributed by atoms with Gasteiger partial charge in [-0.15, -0.1) is 12.4 Å². The molecule has 0 aliphatic heterocycles. The van der Waals surface area contributed by atoms with E-state index in [0.29, 0.717) is 21.9 Å². The van der Waals surface area contributed by atoms with Crippen LogP contribution in [0, 0.1) is 0 Å². The van der Waals surface area contributed by atoms with E-state index in [4.69, 9.17) is 0 Å². The zero-order valence-electron chi connectivity index (χ0n) is 18.0. The molecular formula is C20H24ClN3O5S3. The average molecular weight is 518 g/mol. The molecule has 1 heterocycles. The number of likely N-dealkylation sites (N-methyl/N-ethyl adjacent to an activating group) is 1. The van der Waals surface area contributed by atoms with Crippen LogP contribution in [0.5, 0.6) is 0 Å². The molecule has 0 saturated heterocycles. The highest BCUT2D eigenvalue weighted by molar-refractivity contribution is 7.91. The maximum Gasteiger partial charge on any atom is 0.261 e. The number of benzene rings is 2. The van der Waals surface area contributed by atoms with Crippen LogP contribution in [-0.4, -0.2) is 72.3 Å². The topological polar surface area (TPSA) is 105 Å². The first kappa shape index (κ1) is 26.2. The minimum absolute atomic E-state index is 0. The van der Waals surface area contributed by atoms with Crippen molar-refractivity contribution >= 4 is 64.7 Å². The maximum absolute atomic E-state index is 13.4. The van der Waals surface area contributed by atoms with Crippen molar-refractivity contribution in [2.75, 3.05) is 44.6 Å². The van der Waals surface area contributed by atoms with E-state index < -0.39 is 25.6 Å². The molecule has 0 aliphatic rings. The quantitative estimate of drug-likeness (QED) is 0.474. The molecule has 3 aromatic rings. The van der Waals surface area contributed by atoms with Gasteiger partial charge in [0.2, 0.25) is 0 Å². The molecule has 0 radical (unpaired) electrons. The minimum atomic E-state index is -3.61. The molecule has 3 rings (SSSR count). The summed E-state index contributed by atoms with van der Waals surface area (Å²) >= 11 is 1.19. The molecule has 0 atom stereocenters. The highest BCUT2D eigenvalue weighted by Gasteiger charge is 2.26. The first-order chi connectivity index (χ1) is 14.4. The molecule has 0 bridgehead atoms. The van der Waals surface area contributed by atoms with E-state index in [1.807, 2.05) is 19.0 Å². The lowest BCUT2D eigenvalue weighted by Gasteiger charge is -2.22. The van der Waals surface area contributed by atoms with Gasteiger partial charge < -0.3 is 4.90 Å². The number of sulfone groups is 2. The number of carbonyl (C=O) groups excluding carboxylic acids is 1. The van der Waals surface area contributed by atoms with Crippen molar-refractivity contribution in [1.29, 1.82) is 0 Å². The molecule has 0 N–H and O–H groups in total. The number of fused-ring (bicyclic) bond motifs is 1. The molecule has 174 valence electrons. The lowest BCUT2D eigenvalue weighted by Crippen LogP contribution is -2.37. The molecule has 0 saturated carbocycles. The van der Waals surface area contributed by atoms with Crippen molar-refractivity contribution in [2.24, 2.45) is 0 Å². The van der Waals surface area contributed by atoms with E-state index in [1.54, 1.807) is 18.2 Å². The number of aromatic nitrogens is 1. The summed E-state index contributed by atoms with van der Waals surface area (Å²) in [5.74, 6) is -0.481. The summed E-state index contributed by atoms with van der Waals surface area (Å²) in [5.41, 5.74) is 0.631. The summed E-state index contributed by atoms with van der Waals surface area (Å²) in [6, 6.07) is 10.7. The van der Waals surface area contributed by atoms with Gasteiger partial charge in [-0.2, -0.15) is 0 Å². The van der Waals surface area contributed by atoms with Crippen LogP contribution < -0.4 is 4.90 Å². The smallest absolute Gasteiger partial charge is 0.261 e. The Kier molecular flexibility index (Phi) is 8.05. The van der Waals surface area contributed by atoms with Gasteiger partial charge >= 0.3 is 0 Å². The van der Waals surface area contributed by atoms with Crippen LogP contribution in [0.15, 0.2) is 52.3 Å². The van der Waals surface area contributed by atoms with E-state index in [2.05, 4.69) is 4.98 Å². The lowest BCUT2D eigenvalue weighted by molar-refractivity contribution is 0.0982. The molecule has 32 heavy (non-hydrogen) atoms. The number of hydrogen-bond donors (Lipinski definition) is 0. The number of nitrogens with zero attached hydrogens (tertiary/aromatic N) is 3. The number of amides is 1. The predicted octanol–water partition coefficient (Wildman–Crippen LogP) is 2.73. The van der Waals surface area contributed by atoms with Crippen LogP contribution in [0.4, 0.5) is 5.13 Å². The number of halogens is 1. The Hall–Kier alpha value is -2.05. The second-order valence-electron chi connectivity index (χ2n) is 7.43. The van der Waals surface area contributed by atoms with Crippen molar-refractivity contribution in [2.45, 2.75) is 9.79 Å². The van der Waals surface area contributed by atoms with Gasteiger partial charge in [-0.3, -0.25) is 9.69 Å². The third-order valence-corrected chi connectivity index (χ3v) is 7.85. The number of anilines is 1. The average Bonchev–Trinajstić information content (AvgIpc) is 3.09. The van der Waals surface area contributed by atoms with Gasteiger partial charge in [0.25, 0.3) is 5.91 Å². The fourth-order valence-electron chi connectivity index (χ4n) is 2.93. The zero-order chi connectivity index (χ0) is 23.0. The van der Waals surface area contributed by atoms with E-state index >= 15 is 0 Å². The Morgan fingerprint density at radius 3 is 2.22 bits per heavy atom. The molecule has 12 heteroatoms.